The molecule has 1 aromatic heterocycles. The van der Waals surface area contributed by atoms with Gasteiger partial charge in [-0.15, -0.1) is 11.3 Å². The molecule has 0 radical (unpaired) electrons. The molecule has 6 nitrogen and oxygen atoms in total. The van der Waals surface area contributed by atoms with E-state index in [1.54, 1.807) is 23.3 Å². The summed E-state index contributed by atoms with van der Waals surface area (Å²) >= 11 is 1.65. The maximum absolute atomic E-state index is 12.0. The number of thiazole rings is 1. The minimum Gasteiger partial charge on any atom is -0.497 e. The average Bonchev–Trinajstić information content (AvgIpc) is 3.15. The Labute approximate surface area is 164 Å². The molecule has 0 bridgehead atoms. The van der Waals surface area contributed by atoms with Crippen LogP contribution in [0.2, 0.25) is 0 Å². The van der Waals surface area contributed by atoms with Crippen molar-refractivity contribution < 1.29 is 14.3 Å². The highest BCUT2D eigenvalue weighted by Crippen LogP contribution is 2.27. The monoisotopic (exact) mass is 389 g/mol. The van der Waals surface area contributed by atoms with Crippen molar-refractivity contribution in [2.45, 2.75) is 20.4 Å². The first-order valence-corrected chi connectivity index (χ1v) is 10.2. The van der Waals surface area contributed by atoms with Crippen molar-refractivity contribution in [3.8, 4) is 16.3 Å². The molecule has 1 amide bonds. The number of aromatic nitrogens is 1. The van der Waals surface area contributed by atoms with Crippen LogP contribution in [0.25, 0.3) is 10.6 Å². The zero-order chi connectivity index (χ0) is 19.2. The average molecular weight is 390 g/mol. The second-order valence-electron chi connectivity index (χ2n) is 7.11. The van der Waals surface area contributed by atoms with Crippen molar-refractivity contribution in [1.82, 2.24) is 14.8 Å². The Morgan fingerprint density at radius 1 is 1.26 bits per heavy atom. The molecule has 1 aliphatic heterocycles. The molecule has 0 saturated carbocycles. The topological polar surface area (TPSA) is 54.9 Å². The minimum atomic E-state index is -0.197. The molecular weight excluding hydrogens is 362 g/mol. The molecule has 27 heavy (non-hydrogen) atoms. The fourth-order valence-electron chi connectivity index (χ4n) is 2.92. The van der Waals surface area contributed by atoms with Gasteiger partial charge in [-0.25, -0.2) is 9.78 Å². The molecule has 3 rings (SSSR count). The Morgan fingerprint density at radius 3 is 2.74 bits per heavy atom. The number of piperazine rings is 1. The first kappa shape index (κ1) is 19.6. The van der Waals surface area contributed by atoms with E-state index in [1.165, 1.54) is 0 Å². The van der Waals surface area contributed by atoms with Crippen LogP contribution < -0.4 is 4.74 Å². The lowest BCUT2D eigenvalue weighted by atomic mass is 10.2. The van der Waals surface area contributed by atoms with Gasteiger partial charge < -0.3 is 14.4 Å². The minimum absolute atomic E-state index is 0.197. The van der Waals surface area contributed by atoms with Gasteiger partial charge in [0.05, 0.1) is 19.4 Å². The molecule has 2 heterocycles. The first-order chi connectivity index (χ1) is 13.0. The van der Waals surface area contributed by atoms with E-state index in [0.29, 0.717) is 25.6 Å². The SMILES string of the molecule is COc1cccc(-c2nc(CN3CCN(C(=O)OCC(C)C)CC3)cs2)c1. The zero-order valence-electron chi connectivity index (χ0n) is 16.2. The third-order valence-electron chi connectivity index (χ3n) is 4.42. The smallest absolute Gasteiger partial charge is 0.409 e. The van der Waals surface area contributed by atoms with Crippen molar-refractivity contribution in [1.29, 1.82) is 0 Å². The Bertz CT molecular complexity index is 754. The highest BCUT2D eigenvalue weighted by atomic mass is 32.1. The highest BCUT2D eigenvalue weighted by molar-refractivity contribution is 7.13. The van der Waals surface area contributed by atoms with Crippen LogP contribution >= 0.6 is 11.3 Å². The van der Waals surface area contributed by atoms with E-state index in [0.717, 1.165) is 41.6 Å². The Balaban J connectivity index is 1.51. The van der Waals surface area contributed by atoms with Gasteiger partial charge in [0.2, 0.25) is 0 Å². The van der Waals surface area contributed by atoms with Crippen LogP contribution in [0.1, 0.15) is 19.5 Å². The van der Waals surface area contributed by atoms with E-state index >= 15 is 0 Å². The van der Waals surface area contributed by atoms with Crippen LogP contribution in [-0.4, -0.2) is 60.8 Å². The van der Waals surface area contributed by atoms with Crippen molar-refractivity contribution in [2.24, 2.45) is 5.92 Å². The Hall–Kier alpha value is -2.12. The Kier molecular flexibility index (Phi) is 6.68. The fraction of sp³-hybridized carbons (Fsp3) is 0.500. The van der Waals surface area contributed by atoms with Gasteiger partial charge in [0.1, 0.15) is 10.8 Å². The largest absolute Gasteiger partial charge is 0.497 e. The maximum Gasteiger partial charge on any atom is 0.409 e. The molecule has 0 aliphatic carbocycles. The van der Waals surface area contributed by atoms with Gasteiger partial charge in [-0.2, -0.15) is 0 Å². The van der Waals surface area contributed by atoms with Gasteiger partial charge in [0, 0.05) is 43.7 Å². The summed E-state index contributed by atoms with van der Waals surface area (Å²) in [4.78, 5) is 20.9. The van der Waals surface area contributed by atoms with E-state index in [4.69, 9.17) is 14.5 Å². The third kappa shape index (κ3) is 5.43. The van der Waals surface area contributed by atoms with Crippen molar-refractivity contribution in [3.05, 3.63) is 35.3 Å². The van der Waals surface area contributed by atoms with Crippen LogP contribution in [0, 0.1) is 5.92 Å². The van der Waals surface area contributed by atoms with E-state index in [9.17, 15) is 4.79 Å². The van der Waals surface area contributed by atoms with Crippen molar-refractivity contribution >= 4 is 17.4 Å². The number of carbonyl (C=O) groups is 1. The number of ether oxygens (including phenoxy) is 2. The molecule has 2 aromatic rings. The number of amides is 1. The predicted molar refractivity (Wildman–Crippen MR) is 107 cm³/mol. The summed E-state index contributed by atoms with van der Waals surface area (Å²) in [7, 11) is 1.67. The second-order valence-corrected chi connectivity index (χ2v) is 7.97. The summed E-state index contributed by atoms with van der Waals surface area (Å²) in [6, 6.07) is 7.97. The number of nitrogens with zero attached hydrogens (tertiary/aromatic N) is 3. The van der Waals surface area contributed by atoms with Crippen molar-refractivity contribution in [2.75, 3.05) is 39.9 Å². The molecular formula is C20H27N3O3S. The van der Waals surface area contributed by atoms with Crippen LogP contribution in [0.5, 0.6) is 5.75 Å². The molecule has 0 unspecified atom stereocenters. The molecule has 1 saturated heterocycles. The van der Waals surface area contributed by atoms with Gasteiger partial charge in [-0.05, 0) is 18.1 Å². The van der Waals surface area contributed by atoms with Crippen LogP contribution in [0.15, 0.2) is 29.6 Å². The molecule has 0 atom stereocenters. The van der Waals surface area contributed by atoms with Gasteiger partial charge in [0.15, 0.2) is 0 Å². The molecule has 0 N–H and O–H groups in total. The highest BCUT2D eigenvalue weighted by Gasteiger charge is 2.23. The van der Waals surface area contributed by atoms with E-state index in [2.05, 4.69) is 10.3 Å². The molecule has 7 heteroatoms. The summed E-state index contributed by atoms with van der Waals surface area (Å²) in [6.07, 6.45) is -0.197. The van der Waals surface area contributed by atoms with Gasteiger partial charge in [-0.3, -0.25) is 4.90 Å². The molecule has 1 aromatic carbocycles. The normalized spacial score (nSPS) is 15.2. The summed E-state index contributed by atoms with van der Waals surface area (Å²) < 4.78 is 10.6. The summed E-state index contributed by atoms with van der Waals surface area (Å²) in [6.45, 7) is 8.43. The molecule has 146 valence electrons. The van der Waals surface area contributed by atoms with Gasteiger partial charge in [-0.1, -0.05) is 26.0 Å². The van der Waals surface area contributed by atoms with E-state index in [-0.39, 0.29) is 6.09 Å². The van der Waals surface area contributed by atoms with Crippen LogP contribution in [0.3, 0.4) is 0 Å². The number of carbonyl (C=O) groups excluding carboxylic acids is 1. The number of hydrogen-bond acceptors (Lipinski definition) is 6. The number of methoxy groups -OCH3 is 1. The van der Waals surface area contributed by atoms with Crippen LogP contribution in [0.4, 0.5) is 4.79 Å². The fourth-order valence-corrected chi connectivity index (χ4v) is 3.72. The quantitative estimate of drug-likeness (QED) is 0.753. The van der Waals surface area contributed by atoms with E-state index in [1.807, 2.05) is 38.1 Å². The molecule has 0 spiro atoms. The summed E-state index contributed by atoms with van der Waals surface area (Å²) in [5.41, 5.74) is 2.14. The third-order valence-corrected chi connectivity index (χ3v) is 5.36. The summed E-state index contributed by atoms with van der Waals surface area (Å²) in [5, 5.41) is 3.11. The van der Waals surface area contributed by atoms with Gasteiger partial charge in [0.25, 0.3) is 0 Å². The zero-order valence-corrected chi connectivity index (χ0v) is 17.0. The number of benzene rings is 1. The standard InChI is InChI=1S/C20H27N3O3S/c1-15(2)13-26-20(24)23-9-7-22(8-10-23)12-17-14-27-19(21-17)16-5-4-6-18(11-16)25-3/h4-6,11,14-15H,7-10,12-13H2,1-3H3. The molecule has 1 fully saturated rings. The first-order valence-electron chi connectivity index (χ1n) is 9.28. The molecule has 1 aliphatic rings. The van der Waals surface area contributed by atoms with E-state index < -0.39 is 0 Å². The number of hydrogen-bond donors (Lipinski definition) is 0. The Morgan fingerprint density at radius 2 is 2.04 bits per heavy atom. The lowest BCUT2D eigenvalue weighted by Gasteiger charge is -2.33. The second kappa shape index (κ2) is 9.19. The van der Waals surface area contributed by atoms with Gasteiger partial charge >= 0.3 is 6.09 Å². The lowest BCUT2D eigenvalue weighted by Crippen LogP contribution is -2.48. The van der Waals surface area contributed by atoms with Crippen molar-refractivity contribution in [3.63, 3.8) is 0 Å². The maximum atomic E-state index is 12.0. The summed E-state index contributed by atoms with van der Waals surface area (Å²) in [5.74, 6) is 1.20. The lowest BCUT2D eigenvalue weighted by molar-refractivity contribution is 0.0674. The number of rotatable bonds is 6. The van der Waals surface area contributed by atoms with Crippen LogP contribution in [-0.2, 0) is 11.3 Å². The predicted octanol–water partition coefficient (Wildman–Crippen LogP) is 3.73.